The molecule has 3 nitrogen and oxygen atoms in total. The van der Waals surface area contributed by atoms with E-state index >= 15 is 0 Å². The number of anilines is 4. The van der Waals surface area contributed by atoms with Crippen molar-refractivity contribution in [3.63, 3.8) is 0 Å². The fraction of sp³-hybridized carbons (Fsp3) is 0.269. The van der Waals surface area contributed by atoms with Crippen LogP contribution in [0.2, 0.25) is 0 Å². The number of nitrogens with zero attached hydrogens (tertiary/aromatic N) is 2. The Labute approximate surface area is 324 Å². The molecule has 4 atom stereocenters. The Bertz CT molecular complexity index is 2600. The number of ether oxygens (including phenoxy) is 1. The molecule has 3 aliphatic heterocycles. The zero-order valence-electron chi connectivity index (χ0n) is 32.0. The predicted molar refractivity (Wildman–Crippen MR) is 226 cm³/mol. The van der Waals surface area contributed by atoms with E-state index < -0.39 is 5.60 Å². The quantitative estimate of drug-likeness (QED) is 0.181. The number of para-hydroxylation sites is 2. The van der Waals surface area contributed by atoms with Crippen LogP contribution in [0.3, 0.4) is 0 Å². The normalized spacial score (nSPS) is 24.2. The maximum Gasteiger partial charge on any atom is 0.178 e. The van der Waals surface area contributed by atoms with Crippen LogP contribution in [0.25, 0.3) is 17.2 Å². The molecule has 6 aromatic carbocycles. The van der Waals surface area contributed by atoms with Crippen LogP contribution >= 0.6 is 0 Å². The molecule has 3 aliphatic carbocycles. The van der Waals surface area contributed by atoms with E-state index in [1.54, 1.807) is 11.1 Å². The molecule has 12 rings (SSSR count). The van der Waals surface area contributed by atoms with Gasteiger partial charge in [-0.15, -0.1) is 0 Å². The molecule has 0 spiro atoms. The second-order valence-electron chi connectivity index (χ2n) is 17.4. The molecule has 4 unspecified atom stereocenters. The molecule has 1 fully saturated rings. The molecule has 270 valence electrons. The monoisotopic (exact) mass is 714 g/mol. The summed E-state index contributed by atoms with van der Waals surface area (Å²) >= 11 is 0. The van der Waals surface area contributed by atoms with E-state index in [1.165, 1.54) is 87.4 Å². The highest BCUT2D eigenvalue weighted by atomic mass is 16.5. The lowest BCUT2D eigenvalue weighted by atomic mass is 9.53. The highest BCUT2D eigenvalue weighted by Gasteiger charge is 2.53. The van der Waals surface area contributed by atoms with E-state index in [1.807, 2.05) is 0 Å². The fourth-order valence-electron chi connectivity index (χ4n) is 12.1. The van der Waals surface area contributed by atoms with Crippen LogP contribution in [0.5, 0.6) is 5.75 Å². The third kappa shape index (κ3) is 4.11. The summed E-state index contributed by atoms with van der Waals surface area (Å²) in [6.07, 6.45) is 11.0. The van der Waals surface area contributed by atoms with E-state index in [0.717, 1.165) is 29.8 Å². The van der Waals surface area contributed by atoms with Crippen LogP contribution in [-0.4, -0.2) is 13.6 Å². The molecule has 6 aliphatic rings. The van der Waals surface area contributed by atoms with E-state index in [2.05, 4.69) is 164 Å². The van der Waals surface area contributed by atoms with Gasteiger partial charge in [0.15, 0.2) is 11.4 Å². The Hall–Kier alpha value is -5.54. The minimum Gasteiger partial charge on any atom is -0.471 e. The van der Waals surface area contributed by atoms with Crippen LogP contribution in [-0.2, 0) is 17.4 Å². The number of benzene rings is 6. The molecule has 3 heteroatoms. The predicted octanol–water partition coefficient (Wildman–Crippen LogP) is 12.7. The van der Waals surface area contributed by atoms with E-state index in [0.29, 0.717) is 11.8 Å². The number of hydrogen-bond donors (Lipinski definition) is 0. The molecular formula is C52H46N2O. The van der Waals surface area contributed by atoms with Gasteiger partial charge in [0.1, 0.15) is 0 Å². The zero-order chi connectivity index (χ0) is 36.6. The maximum absolute atomic E-state index is 7.93. The van der Waals surface area contributed by atoms with Gasteiger partial charge in [0, 0.05) is 58.7 Å². The molecule has 55 heavy (non-hydrogen) atoms. The largest absolute Gasteiger partial charge is 0.471 e. The van der Waals surface area contributed by atoms with Crippen LogP contribution in [0.1, 0.15) is 107 Å². The first-order valence-electron chi connectivity index (χ1n) is 20.6. The van der Waals surface area contributed by atoms with Crippen LogP contribution < -0.4 is 14.5 Å². The van der Waals surface area contributed by atoms with Gasteiger partial charge >= 0.3 is 0 Å². The van der Waals surface area contributed by atoms with E-state index in [-0.39, 0.29) is 11.3 Å². The fourth-order valence-corrected chi connectivity index (χ4v) is 12.1. The zero-order valence-corrected chi connectivity index (χ0v) is 32.0. The first-order chi connectivity index (χ1) is 27.0. The van der Waals surface area contributed by atoms with Crippen LogP contribution in [0.15, 0.2) is 127 Å². The van der Waals surface area contributed by atoms with Gasteiger partial charge < -0.3 is 14.5 Å². The van der Waals surface area contributed by atoms with Gasteiger partial charge in [-0.3, -0.25) is 0 Å². The van der Waals surface area contributed by atoms with Crippen molar-refractivity contribution in [1.82, 2.24) is 0 Å². The molecular weight excluding hydrogens is 669 g/mol. The Morgan fingerprint density at radius 3 is 2.20 bits per heavy atom. The Balaban J connectivity index is 1.12. The Kier molecular flexibility index (Phi) is 6.50. The average molecular weight is 715 g/mol. The highest BCUT2D eigenvalue weighted by Crippen LogP contribution is 2.69. The maximum atomic E-state index is 7.93. The van der Waals surface area contributed by atoms with Gasteiger partial charge in [-0.25, -0.2) is 0 Å². The molecule has 0 radical (unpaired) electrons. The summed E-state index contributed by atoms with van der Waals surface area (Å²) in [5.74, 6) is 2.27. The average Bonchev–Trinajstić information content (AvgIpc) is 3.67. The van der Waals surface area contributed by atoms with Crippen molar-refractivity contribution in [1.29, 1.82) is 0 Å². The molecule has 1 saturated carbocycles. The summed E-state index contributed by atoms with van der Waals surface area (Å²) in [7, 11) is 2.28. The summed E-state index contributed by atoms with van der Waals surface area (Å²) in [4.78, 5) is 4.93. The van der Waals surface area contributed by atoms with Crippen molar-refractivity contribution < 1.29 is 4.74 Å². The summed E-state index contributed by atoms with van der Waals surface area (Å²) in [5, 5.41) is 0. The summed E-state index contributed by atoms with van der Waals surface area (Å²) in [6.45, 7) is 6.01. The van der Waals surface area contributed by atoms with Crippen molar-refractivity contribution in [3.05, 3.63) is 177 Å². The van der Waals surface area contributed by atoms with Gasteiger partial charge in [-0.05, 0) is 106 Å². The van der Waals surface area contributed by atoms with Gasteiger partial charge in [0.05, 0.1) is 5.69 Å². The third-order valence-electron chi connectivity index (χ3n) is 14.5. The van der Waals surface area contributed by atoms with E-state index in [4.69, 9.17) is 4.74 Å². The topological polar surface area (TPSA) is 15.7 Å². The Morgan fingerprint density at radius 2 is 1.36 bits per heavy atom. The van der Waals surface area contributed by atoms with Gasteiger partial charge in [0.25, 0.3) is 0 Å². The van der Waals surface area contributed by atoms with Crippen molar-refractivity contribution in [2.75, 3.05) is 23.4 Å². The molecule has 0 bridgehead atoms. The Morgan fingerprint density at radius 1 is 0.655 bits per heavy atom. The van der Waals surface area contributed by atoms with Gasteiger partial charge in [-0.1, -0.05) is 130 Å². The van der Waals surface area contributed by atoms with E-state index in [9.17, 15) is 0 Å². The molecule has 0 amide bonds. The molecule has 0 saturated heterocycles. The molecule has 3 heterocycles. The minimum absolute atomic E-state index is 0.109. The molecule has 0 N–H and O–H groups in total. The second-order valence-corrected chi connectivity index (χ2v) is 17.4. The number of hydrogen-bond acceptors (Lipinski definition) is 3. The van der Waals surface area contributed by atoms with Crippen molar-refractivity contribution in [2.45, 2.75) is 74.7 Å². The van der Waals surface area contributed by atoms with Crippen LogP contribution in [0, 0.1) is 0 Å². The lowest BCUT2D eigenvalue weighted by Gasteiger charge is -2.53. The number of rotatable bonds is 3. The van der Waals surface area contributed by atoms with Crippen molar-refractivity contribution in [3.8, 4) is 16.9 Å². The third-order valence-corrected chi connectivity index (χ3v) is 14.5. The van der Waals surface area contributed by atoms with Gasteiger partial charge in [-0.2, -0.15) is 0 Å². The molecule has 0 aromatic heterocycles. The molecule has 6 aromatic rings. The second kappa shape index (κ2) is 11.3. The first kappa shape index (κ1) is 31.8. The van der Waals surface area contributed by atoms with Gasteiger partial charge in [0.2, 0.25) is 0 Å². The lowest BCUT2D eigenvalue weighted by Crippen LogP contribution is -2.41. The number of fused-ring (bicyclic) bond motifs is 9. The standard InChI is InChI=1S/C52H46N2O/c1-51(2)41-21-13-20-38-36-17-8-9-18-37(36)44-40-28-30-52(33-15-5-4-6-16-33,34-24-26-35(27-25-34)54-31-29-32-14-7-11-22-42(32)54)55-50(40)49-47(46(44)45(38)41)48(51)39-19-10-12-23-43(39)53(49)3/h4-7,10-16,19-28,30,36-37,48H,8-9,17-18,29,31H2,1-3H3. The SMILES string of the molecule is CN1c2ccccc2C2c3c4c(c5c(c31)OC(c1ccccc1)(c1ccc(N3CCc6ccccc63)cc1)C=C5)C1CCCCC1c1cccc(c1-4)C2(C)C. The summed E-state index contributed by atoms with van der Waals surface area (Å²) in [5.41, 5.74) is 19.8. The first-order valence-corrected chi connectivity index (χ1v) is 20.6. The summed E-state index contributed by atoms with van der Waals surface area (Å²) in [6, 6.07) is 45.5. The van der Waals surface area contributed by atoms with Crippen molar-refractivity contribution >= 4 is 28.8 Å². The lowest BCUT2D eigenvalue weighted by molar-refractivity contribution is 0.161. The smallest absolute Gasteiger partial charge is 0.178 e. The van der Waals surface area contributed by atoms with Crippen LogP contribution in [0.4, 0.5) is 22.7 Å². The highest BCUT2D eigenvalue weighted by molar-refractivity contribution is 5.99. The minimum atomic E-state index is -0.797. The summed E-state index contributed by atoms with van der Waals surface area (Å²) < 4.78 is 7.93. The van der Waals surface area contributed by atoms with Crippen molar-refractivity contribution in [2.24, 2.45) is 0 Å².